The smallest absolute Gasteiger partial charge is 0.0596 e. The van der Waals surface area contributed by atoms with E-state index in [-0.39, 0.29) is 0 Å². The van der Waals surface area contributed by atoms with Crippen molar-refractivity contribution in [1.82, 2.24) is 20.0 Å². The largest absolute Gasteiger partial charge is 0.317 e. The second-order valence-electron chi connectivity index (χ2n) is 4.91. The predicted molar refractivity (Wildman–Crippen MR) is 72.4 cm³/mol. The van der Waals surface area contributed by atoms with Gasteiger partial charge in [0.2, 0.25) is 0 Å². The minimum atomic E-state index is 1.01. The standard InChI is InChI=1S/C13H26N4/c1-12-11-13(2)17(15-12)10-6-8-14-7-5-9-16(3)4/h11,14H,5-10H2,1-4H3. The topological polar surface area (TPSA) is 33.1 Å². The van der Waals surface area contributed by atoms with Crippen molar-refractivity contribution in [2.45, 2.75) is 33.2 Å². The molecule has 0 bridgehead atoms. The Morgan fingerprint density at radius 3 is 2.53 bits per heavy atom. The van der Waals surface area contributed by atoms with Crippen LogP contribution in [-0.4, -0.2) is 48.4 Å². The second kappa shape index (κ2) is 7.45. The van der Waals surface area contributed by atoms with Gasteiger partial charge >= 0.3 is 0 Å². The third kappa shape index (κ3) is 5.84. The summed E-state index contributed by atoms with van der Waals surface area (Å²) < 4.78 is 2.09. The molecular formula is C13H26N4. The van der Waals surface area contributed by atoms with Gasteiger partial charge in [0.05, 0.1) is 5.69 Å². The fourth-order valence-corrected chi connectivity index (χ4v) is 1.90. The highest BCUT2D eigenvalue weighted by atomic mass is 15.3. The van der Waals surface area contributed by atoms with Gasteiger partial charge in [-0.2, -0.15) is 5.10 Å². The first kappa shape index (κ1) is 14.2. The first-order chi connectivity index (χ1) is 8.09. The summed E-state index contributed by atoms with van der Waals surface area (Å²) in [5.41, 5.74) is 2.37. The van der Waals surface area contributed by atoms with E-state index in [1.165, 1.54) is 12.1 Å². The molecule has 98 valence electrons. The van der Waals surface area contributed by atoms with Crippen molar-refractivity contribution < 1.29 is 0 Å². The average molecular weight is 238 g/mol. The number of hydrogen-bond acceptors (Lipinski definition) is 3. The fourth-order valence-electron chi connectivity index (χ4n) is 1.90. The van der Waals surface area contributed by atoms with Crippen LogP contribution >= 0.6 is 0 Å². The molecule has 1 N–H and O–H groups in total. The molecule has 0 spiro atoms. The van der Waals surface area contributed by atoms with E-state index in [1.54, 1.807) is 0 Å². The van der Waals surface area contributed by atoms with Gasteiger partial charge in [0.25, 0.3) is 0 Å². The van der Waals surface area contributed by atoms with Crippen LogP contribution in [0.1, 0.15) is 24.2 Å². The fraction of sp³-hybridized carbons (Fsp3) is 0.769. The number of hydrogen-bond donors (Lipinski definition) is 1. The average Bonchev–Trinajstić information content (AvgIpc) is 2.55. The second-order valence-corrected chi connectivity index (χ2v) is 4.91. The Kier molecular flexibility index (Phi) is 6.22. The zero-order chi connectivity index (χ0) is 12.7. The summed E-state index contributed by atoms with van der Waals surface area (Å²) in [6.07, 6.45) is 2.36. The van der Waals surface area contributed by atoms with Crippen molar-refractivity contribution in [1.29, 1.82) is 0 Å². The van der Waals surface area contributed by atoms with Crippen molar-refractivity contribution in [2.24, 2.45) is 0 Å². The maximum atomic E-state index is 4.45. The van der Waals surface area contributed by atoms with Crippen LogP contribution in [0.15, 0.2) is 6.07 Å². The molecule has 0 radical (unpaired) electrons. The minimum absolute atomic E-state index is 1.01. The van der Waals surface area contributed by atoms with Gasteiger partial charge in [-0.05, 0) is 66.5 Å². The van der Waals surface area contributed by atoms with E-state index in [0.29, 0.717) is 0 Å². The van der Waals surface area contributed by atoms with Crippen LogP contribution in [0.3, 0.4) is 0 Å². The Bertz CT molecular complexity index is 317. The van der Waals surface area contributed by atoms with Crippen LogP contribution in [0.2, 0.25) is 0 Å². The zero-order valence-electron chi connectivity index (χ0n) is 11.7. The molecule has 0 aromatic carbocycles. The van der Waals surface area contributed by atoms with Crippen molar-refractivity contribution in [3.8, 4) is 0 Å². The maximum Gasteiger partial charge on any atom is 0.0596 e. The van der Waals surface area contributed by atoms with Crippen LogP contribution in [-0.2, 0) is 6.54 Å². The molecule has 0 atom stereocenters. The Balaban J connectivity index is 2.03. The van der Waals surface area contributed by atoms with Crippen LogP contribution in [0, 0.1) is 13.8 Å². The molecule has 1 rings (SSSR count). The highest BCUT2D eigenvalue weighted by Crippen LogP contribution is 2.02. The number of rotatable bonds is 8. The van der Waals surface area contributed by atoms with Crippen LogP contribution in [0.4, 0.5) is 0 Å². The minimum Gasteiger partial charge on any atom is -0.317 e. The molecule has 17 heavy (non-hydrogen) atoms. The highest BCUT2D eigenvalue weighted by molar-refractivity contribution is 5.06. The number of nitrogens with zero attached hydrogens (tertiary/aromatic N) is 3. The highest BCUT2D eigenvalue weighted by Gasteiger charge is 1.99. The van der Waals surface area contributed by atoms with E-state index in [9.17, 15) is 0 Å². The molecule has 0 aliphatic rings. The van der Waals surface area contributed by atoms with Crippen molar-refractivity contribution in [2.75, 3.05) is 33.7 Å². The summed E-state index contributed by atoms with van der Waals surface area (Å²) in [4.78, 5) is 2.22. The summed E-state index contributed by atoms with van der Waals surface area (Å²) in [5, 5.41) is 7.92. The number of nitrogens with one attached hydrogen (secondary N) is 1. The van der Waals surface area contributed by atoms with E-state index in [2.05, 4.69) is 47.1 Å². The lowest BCUT2D eigenvalue weighted by Gasteiger charge is -2.10. The molecule has 0 saturated heterocycles. The monoisotopic (exact) mass is 238 g/mol. The predicted octanol–water partition coefficient (Wildman–Crippen LogP) is 1.43. The summed E-state index contributed by atoms with van der Waals surface area (Å²) in [7, 11) is 4.23. The van der Waals surface area contributed by atoms with E-state index in [4.69, 9.17) is 0 Å². The molecule has 0 fully saturated rings. The maximum absolute atomic E-state index is 4.45. The first-order valence-electron chi connectivity index (χ1n) is 6.46. The van der Waals surface area contributed by atoms with Gasteiger partial charge in [-0.3, -0.25) is 4.68 Å². The molecule has 0 unspecified atom stereocenters. The van der Waals surface area contributed by atoms with E-state index in [1.807, 2.05) is 6.92 Å². The molecule has 4 heteroatoms. The van der Waals surface area contributed by atoms with Gasteiger partial charge in [0, 0.05) is 12.2 Å². The van der Waals surface area contributed by atoms with Gasteiger partial charge in [-0.1, -0.05) is 0 Å². The Hall–Kier alpha value is -0.870. The summed E-state index contributed by atoms with van der Waals surface area (Å²) in [6.45, 7) is 8.51. The van der Waals surface area contributed by atoms with Gasteiger partial charge in [0.15, 0.2) is 0 Å². The number of aryl methyl sites for hydroxylation is 3. The van der Waals surface area contributed by atoms with Gasteiger partial charge in [0.1, 0.15) is 0 Å². The normalized spacial score (nSPS) is 11.4. The molecule has 0 aliphatic heterocycles. The third-order valence-corrected chi connectivity index (χ3v) is 2.79. The van der Waals surface area contributed by atoms with Gasteiger partial charge in [-0.15, -0.1) is 0 Å². The van der Waals surface area contributed by atoms with Crippen molar-refractivity contribution in [3.63, 3.8) is 0 Å². The molecule has 4 nitrogen and oxygen atoms in total. The molecule has 1 heterocycles. The molecule has 1 aromatic rings. The van der Waals surface area contributed by atoms with Crippen LogP contribution < -0.4 is 5.32 Å². The number of aromatic nitrogens is 2. The summed E-state index contributed by atoms with van der Waals surface area (Å²) in [6, 6.07) is 2.13. The molecule has 1 aromatic heterocycles. The van der Waals surface area contributed by atoms with Crippen LogP contribution in [0.25, 0.3) is 0 Å². The molecule has 0 aliphatic carbocycles. The quantitative estimate of drug-likeness (QED) is 0.696. The van der Waals surface area contributed by atoms with E-state index >= 15 is 0 Å². The third-order valence-electron chi connectivity index (χ3n) is 2.79. The first-order valence-corrected chi connectivity index (χ1v) is 6.46. The Morgan fingerprint density at radius 2 is 1.94 bits per heavy atom. The molecular weight excluding hydrogens is 212 g/mol. The van der Waals surface area contributed by atoms with Gasteiger partial charge < -0.3 is 10.2 Å². The Morgan fingerprint density at radius 1 is 1.24 bits per heavy atom. The lowest BCUT2D eigenvalue weighted by molar-refractivity contribution is 0.393. The summed E-state index contributed by atoms with van der Waals surface area (Å²) >= 11 is 0. The lowest BCUT2D eigenvalue weighted by Crippen LogP contribution is -2.23. The SMILES string of the molecule is Cc1cc(C)n(CCCNCCCN(C)C)n1. The molecule has 0 amide bonds. The molecule has 0 saturated carbocycles. The van der Waals surface area contributed by atoms with Gasteiger partial charge in [-0.25, -0.2) is 0 Å². The zero-order valence-corrected chi connectivity index (χ0v) is 11.7. The Labute approximate surface area is 105 Å². The van der Waals surface area contributed by atoms with E-state index in [0.717, 1.165) is 38.3 Å². The van der Waals surface area contributed by atoms with Crippen molar-refractivity contribution >= 4 is 0 Å². The lowest BCUT2D eigenvalue weighted by atomic mass is 10.3. The van der Waals surface area contributed by atoms with Crippen LogP contribution in [0.5, 0.6) is 0 Å². The van der Waals surface area contributed by atoms with E-state index < -0.39 is 0 Å². The van der Waals surface area contributed by atoms with Crippen molar-refractivity contribution in [3.05, 3.63) is 17.5 Å². The summed E-state index contributed by atoms with van der Waals surface area (Å²) in [5.74, 6) is 0.